The van der Waals surface area contributed by atoms with E-state index in [2.05, 4.69) is 53.7 Å². The maximum atomic E-state index is 2.50. The number of allylic oxidation sites excluding steroid dienone is 4. The van der Waals surface area contributed by atoms with E-state index in [4.69, 9.17) is 0 Å². The zero-order chi connectivity index (χ0) is 13.8. The Balaban J connectivity index is 2.54. The molecule has 0 aromatic carbocycles. The van der Waals surface area contributed by atoms with Gasteiger partial charge in [0.1, 0.15) is 0 Å². The van der Waals surface area contributed by atoms with Crippen molar-refractivity contribution < 1.29 is 0 Å². The predicted octanol–water partition coefficient (Wildman–Crippen LogP) is 6.29. The molecule has 18 heavy (non-hydrogen) atoms. The molecular weight excluding hydrogens is 216 g/mol. The van der Waals surface area contributed by atoms with Crippen LogP contribution in [0.15, 0.2) is 23.3 Å². The topological polar surface area (TPSA) is 0 Å². The molecule has 0 fully saturated rings. The lowest BCUT2D eigenvalue weighted by molar-refractivity contribution is 0.383. The zero-order valence-electron chi connectivity index (χ0n) is 13.4. The normalized spacial score (nSPS) is 18.8. The quantitative estimate of drug-likeness (QED) is 0.513. The summed E-state index contributed by atoms with van der Waals surface area (Å²) >= 11 is 0. The van der Waals surface area contributed by atoms with Crippen LogP contribution in [0.2, 0.25) is 0 Å². The molecule has 0 saturated carbocycles. The molecule has 0 nitrogen and oxygen atoms in total. The molecule has 104 valence electrons. The fourth-order valence-electron chi connectivity index (χ4n) is 2.57. The van der Waals surface area contributed by atoms with E-state index < -0.39 is 0 Å². The highest BCUT2D eigenvalue weighted by Crippen LogP contribution is 2.38. The summed E-state index contributed by atoms with van der Waals surface area (Å²) in [6, 6.07) is 0. The predicted molar refractivity (Wildman–Crippen MR) is 82.8 cm³/mol. The third-order valence-electron chi connectivity index (χ3n) is 4.56. The van der Waals surface area contributed by atoms with Crippen LogP contribution in [0.3, 0.4) is 0 Å². The fourth-order valence-corrected chi connectivity index (χ4v) is 2.57. The van der Waals surface area contributed by atoms with Crippen molar-refractivity contribution in [1.82, 2.24) is 0 Å². The lowest BCUT2D eigenvalue weighted by Crippen LogP contribution is -2.16. The monoisotopic (exact) mass is 248 g/mol. The van der Waals surface area contributed by atoms with Gasteiger partial charge in [-0.3, -0.25) is 0 Å². The molecule has 0 atom stereocenters. The summed E-state index contributed by atoms with van der Waals surface area (Å²) in [7, 11) is 0. The van der Waals surface area contributed by atoms with Gasteiger partial charge in [-0.25, -0.2) is 0 Å². The van der Waals surface area contributed by atoms with E-state index in [0.717, 1.165) is 0 Å². The summed E-state index contributed by atoms with van der Waals surface area (Å²) in [6.45, 7) is 14.0. The summed E-state index contributed by atoms with van der Waals surface area (Å²) in [5.74, 6) is 0. The second-order valence-electron chi connectivity index (χ2n) is 7.53. The van der Waals surface area contributed by atoms with Crippen molar-refractivity contribution in [2.75, 3.05) is 0 Å². The Morgan fingerprint density at radius 2 is 1.83 bits per heavy atom. The first kappa shape index (κ1) is 15.5. The Kier molecular flexibility index (Phi) is 5.25. The number of hydrogen-bond donors (Lipinski definition) is 0. The van der Waals surface area contributed by atoms with Crippen molar-refractivity contribution in [2.45, 2.75) is 80.1 Å². The smallest absolute Gasteiger partial charge is 0.0142 e. The van der Waals surface area contributed by atoms with Crippen molar-refractivity contribution in [2.24, 2.45) is 10.8 Å². The van der Waals surface area contributed by atoms with E-state index in [1.165, 1.54) is 44.1 Å². The average Bonchev–Trinajstić information content (AvgIpc) is 2.28. The second kappa shape index (κ2) is 6.08. The van der Waals surface area contributed by atoms with Crippen LogP contribution in [-0.4, -0.2) is 0 Å². The van der Waals surface area contributed by atoms with Crippen molar-refractivity contribution in [3.63, 3.8) is 0 Å². The maximum Gasteiger partial charge on any atom is -0.0142 e. The van der Waals surface area contributed by atoms with Crippen LogP contribution in [-0.2, 0) is 0 Å². The molecule has 0 aromatic heterocycles. The van der Waals surface area contributed by atoms with Gasteiger partial charge in [0.2, 0.25) is 0 Å². The fraction of sp³-hybridized carbons (Fsp3) is 0.778. The van der Waals surface area contributed by atoms with Crippen LogP contribution in [0, 0.1) is 10.8 Å². The van der Waals surface area contributed by atoms with Gasteiger partial charge in [-0.2, -0.15) is 0 Å². The number of rotatable bonds is 4. The molecule has 0 bridgehead atoms. The molecule has 0 saturated heterocycles. The molecule has 0 aliphatic heterocycles. The molecule has 0 N–H and O–H groups in total. The zero-order valence-corrected chi connectivity index (χ0v) is 13.4. The van der Waals surface area contributed by atoms with Crippen LogP contribution in [0.1, 0.15) is 80.1 Å². The largest absolute Gasteiger partial charge is 0.0850 e. The van der Waals surface area contributed by atoms with Crippen molar-refractivity contribution >= 4 is 0 Å². The minimum atomic E-state index is 0.328. The molecule has 0 amide bonds. The molecule has 0 heteroatoms. The Morgan fingerprint density at radius 3 is 2.33 bits per heavy atom. The lowest BCUT2D eigenvalue weighted by Gasteiger charge is -2.30. The van der Waals surface area contributed by atoms with Crippen LogP contribution >= 0.6 is 0 Å². The van der Waals surface area contributed by atoms with Crippen LogP contribution in [0.4, 0.5) is 0 Å². The van der Waals surface area contributed by atoms with E-state index in [1.54, 1.807) is 5.57 Å². The van der Waals surface area contributed by atoms with E-state index in [9.17, 15) is 0 Å². The molecule has 0 unspecified atom stereocenters. The van der Waals surface area contributed by atoms with E-state index in [0.29, 0.717) is 10.8 Å². The van der Waals surface area contributed by atoms with Crippen molar-refractivity contribution in [1.29, 1.82) is 0 Å². The highest BCUT2D eigenvalue weighted by molar-refractivity contribution is 5.15. The highest BCUT2D eigenvalue weighted by Gasteiger charge is 2.23. The summed E-state index contributed by atoms with van der Waals surface area (Å²) in [6.07, 6.45) is 12.9. The third-order valence-corrected chi connectivity index (χ3v) is 4.56. The average molecular weight is 248 g/mol. The molecule has 0 aromatic rings. The molecule has 0 heterocycles. The molecule has 0 spiro atoms. The van der Waals surface area contributed by atoms with Gasteiger partial charge in [0.25, 0.3) is 0 Å². The summed E-state index contributed by atoms with van der Waals surface area (Å²) in [5, 5.41) is 0. The highest BCUT2D eigenvalue weighted by atomic mass is 14.3. The second-order valence-corrected chi connectivity index (χ2v) is 7.53. The van der Waals surface area contributed by atoms with Gasteiger partial charge in [0.15, 0.2) is 0 Å². The first-order valence-electron chi connectivity index (χ1n) is 7.60. The van der Waals surface area contributed by atoms with Gasteiger partial charge >= 0.3 is 0 Å². The standard InChI is InChI=1S/C18H32/c1-15(17(2,3)4)11-10-14-18(5,6)16-12-8-7-9-13-16/h11-12H,7-10,13-14H2,1-6H3. The lowest BCUT2D eigenvalue weighted by atomic mass is 9.75. The minimum Gasteiger partial charge on any atom is -0.0850 e. The summed E-state index contributed by atoms with van der Waals surface area (Å²) in [5.41, 5.74) is 3.95. The van der Waals surface area contributed by atoms with Crippen LogP contribution in [0.25, 0.3) is 0 Å². The van der Waals surface area contributed by atoms with Gasteiger partial charge in [0, 0.05) is 0 Å². The van der Waals surface area contributed by atoms with Gasteiger partial charge in [-0.1, -0.05) is 57.9 Å². The van der Waals surface area contributed by atoms with Gasteiger partial charge < -0.3 is 0 Å². The first-order chi connectivity index (χ1) is 8.23. The summed E-state index contributed by atoms with van der Waals surface area (Å²) < 4.78 is 0. The molecular formula is C18H32. The molecule has 1 aliphatic carbocycles. The van der Waals surface area contributed by atoms with Crippen LogP contribution in [0.5, 0.6) is 0 Å². The summed E-state index contributed by atoms with van der Waals surface area (Å²) in [4.78, 5) is 0. The van der Waals surface area contributed by atoms with Gasteiger partial charge in [-0.15, -0.1) is 0 Å². The van der Waals surface area contributed by atoms with Gasteiger partial charge in [0.05, 0.1) is 0 Å². The molecule has 1 rings (SSSR count). The van der Waals surface area contributed by atoms with E-state index >= 15 is 0 Å². The van der Waals surface area contributed by atoms with Gasteiger partial charge in [-0.05, 0) is 56.3 Å². The first-order valence-corrected chi connectivity index (χ1v) is 7.60. The molecule has 0 radical (unpaired) electrons. The Bertz CT molecular complexity index is 320. The molecule has 1 aliphatic rings. The third kappa shape index (κ3) is 4.63. The van der Waals surface area contributed by atoms with Crippen LogP contribution < -0.4 is 0 Å². The van der Waals surface area contributed by atoms with E-state index in [1.807, 2.05) is 0 Å². The van der Waals surface area contributed by atoms with E-state index in [-0.39, 0.29) is 0 Å². The Labute approximate surface area is 115 Å². The minimum absolute atomic E-state index is 0.328. The van der Waals surface area contributed by atoms with Crippen molar-refractivity contribution in [3.05, 3.63) is 23.3 Å². The van der Waals surface area contributed by atoms with Crippen molar-refractivity contribution in [3.8, 4) is 0 Å². The number of hydrogen-bond acceptors (Lipinski definition) is 0. The Morgan fingerprint density at radius 1 is 1.17 bits per heavy atom. The maximum absolute atomic E-state index is 2.50. The Hall–Kier alpha value is -0.520. The SMILES string of the molecule is CC(=CCCC(C)(C)C1=CCCCC1)C(C)(C)C.